The fraction of sp³-hybridized carbons (Fsp3) is 0.214. The molecule has 0 N–H and O–H groups in total. The second kappa shape index (κ2) is 15.6. The van der Waals surface area contributed by atoms with Crippen molar-refractivity contribution in [3.05, 3.63) is 62.3 Å². The molecule has 0 spiro atoms. The van der Waals surface area contributed by atoms with Gasteiger partial charge in [-0.2, -0.15) is 0 Å². The largest absolute Gasteiger partial charge is 0.349 e. The van der Waals surface area contributed by atoms with E-state index in [9.17, 15) is 4.79 Å². The highest BCUT2D eigenvalue weighted by atomic mass is 16.5. The zero-order valence-electron chi connectivity index (χ0n) is 11.7. The summed E-state index contributed by atoms with van der Waals surface area (Å²) in [6.45, 7) is 7.53. The first-order chi connectivity index (χ1) is 9.14. The van der Waals surface area contributed by atoms with Gasteiger partial charge in [-0.15, -0.1) is 13.2 Å². The molecule has 104 valence electrons. The lowest BCUT2D eigenvalue weighted by molar-refractivity contribution is -0.126. The van der Waals surface area contributed by atoms with Crippen molar-refractivity contribution in [3.8, 4) is 0 Å². The van der Waals surface area contributed by atoms with Gasteiger partial charge in [0.25, 0.3) is 0 Å². The highest BCUT2D eigenvalue weighted by Crippen LogP contribution is 1.79. The van der Waals surface area contributed by atoms with Crippen molar-refractivity contribution in [1.29, 1.82) is 0 Å². The van der Waals surface area contributed by atoms with E-state index in [2.05, 4.69) is 27.8 Å². The van der Waals surface area contributed by atoms with Gasteiger partial charge in [0.1, 0.15) is 0 Å². The molecule has 1 aromatic carbocycles. The highest BCUT2D eigenvalue weighted by Gasteiger charge is 1.87. The summed E-state index contributed by atoms with van der Waals surface area (Å²) in [4.78, 5) is 15.0. The van der Waals surface area contributed by atoms with Gasteiger partial charge in [-0.1, -0.05) is 41.6 Å². The van der Waals surface area contributed by atoms with Crippen LogP contribution in [0.5, 0.6) is 0 Å². The Morgan fingerprint density at radius 2 is 1.42 bits per heavy atom. The Morgan fingerprint density at radius 3 is 1.53 bits per heavy atom. The van der Waals surface area contributed by atoms with E-state index in [1.807, 2.05) is 36.4 Å². The van der Waals surface area contributed by atoms with E-state index in [-0.39, 0.29) is 5.91 Å². The van der Waals surface area contributed by atoms with Crippen molar-refractivity contribution >= 4 is 5.91 Å². The monoisotopic (exact) mass is 263 g/mol. The number of nitrogens with zero attached hydrogens (tertiary/aromatic N) is 3. The van der Waals surface area contributed by atoms with Crippen molar-refractivity contribution in [2.45, 2.75) is 6.92 Å². The van der Waals surface area contributed by atoms with Crippen molar-refractivity contribution < 1.29 is 9.32 Å². The van der Waals surface area contributed by atoms with E-state index in [1.165, 1.54) is 24.5 Å². The molecule has 0 bridgehead atoms. The summed E-state index contributed by atoms with van der Waals surface area (Å²) in [5.41, 5.74) is 0. The molecule has 1 heterocycles. The Morgan fingerprint density at radius 1 is 1.05 bits per heavy atom. The van der Waals surface area contributed by atoms with Crippen LogP contribution in [0.15, 0.2) is 66.8 Å². The average Bonchev–Trinajstić information content (AvgIpc) is 3.03. The predicted molar refractivity (Wildman–Crippen MR) is 76.4 cm³/mol. The number of carbonyl (C=O) groups is 1. The van der Waals surface area contributed by atoms with Gasteiger partial charge in [0.2, 0.25) is 12.3 Å². The first-order valence-electron chi connectivity index (χ1n) is 5.52. The fourth-order valence-corrected chi connectivity index (χ4v) is 0.521. The quantitative estimate of drug-likeness (QED) is 0.686. The van der Waals surface area contributed by atoms with Crippen LogP contribution in [0, 0.1) is 0 Å². The molecular formula is C14H21N3O2. The summed E-state index contributed by atoms with van der Waals surface area (Å²) in [5, 5.41) is 3.24. The molecule has 0 saturated carbocycles. The molecule has 0 aliphatic carbocycles. The number of carbonyl (C=O) groups excluding carboxylic acids is 1. The standard InChI is InChI=1S/C6H6.C4H9NO.C2H2N2O.C2H4/c1-2-4-6-5-3-1;1-4(6)5(2)3;1-3-2-5-4-1;1-2/h1-6H;1-3H3;1-2H;1-2H2. The molecule has 0 aliphatic heterocycles. The fourth-order valence-electron chi connectivity index (χ4n) is 0.521. The van der Waals surface area contributed by atoms with Crippen molar-refractivity contribution in [2.75, 3.05) is 14.1 Å². The first-order valence-corrected chi connectivity index (χ1v) is 5.52. The Hall–Kier alpha value is -2.43. The van der Waals surface area contributed by atoms with E-state index >= 15 is 0 Å². The van der Waals surface area contributed by atoms with Crippen LogP contribution < -0.4 is 0 Å². The van der Waals surface area contributed by atoms with Gasteiger partial charge in [-0.25, -0.2) is 4.98 Å². The number of rotatable bonds is 0. The second-order valence-corrected chi connectivity index (χ2v) is 3.15. The second-order valence-electron chi connectivity index (χ2n) is 3.15. The summed E-state index contributed by atoms with van der Waals surface area (Å²) in [6, 6.07) is 12.0. The zero-order chi connectivity index (χ0) is 14.9. The molecule has 2 aromatic rings. The van der Waals surface area contributed by atoms with E-state index in [0.29, 0.717) is 0 Å². The van der Waals surface area contributed by atoms with Crippen LogP contribution in [0.4, 0.5) is 0 Å². The van der Waals surface area contributed by atoms with Crippen molar-refractivity contribution in [1.82, 2.24) is 15.0 Å². The third kappa shape index (κ3) is 18.1. The van der Waals surface area contributed by atoms with E-state index in [1.54, 1.807) is 14.1 Å². The Balaban J connectivity index is 0. The van der Waals surface area contributed by atoms with Gasteiger partial charge < -0.3 is 9.42 Å². The number of amides is 1. The lowest BCUT2D eigenvalue weighted by Gasteiger charge is -2.02. The van der Waals surface area contributed by atoms with Gasteiger partial charge in [-0.05, 0) is 0 Å². The summed E-state index contributed by atoms with van der Waals surface area (Å²) in [6.07, 6.45) is 2.60. The summed E-state index contributed by atoms with van der Waals surface area (Å²) >= 11 is 0. The predicted octanol–water partition coefficient (Wildman–Crippen LogP) is 2.65. The summed E-state index contributed by atoms with van der Waals surface area (Å²) < 4.78 is 4.22. The maximum absolute atomic E-state index is 10.1. The normalized spacial score (nSPS) is 7.32. The number of aromatic nitrogens is 2. The molecule has 2 rings (SSSR count). The number of hydrogen-bond donors (Lipinski definition) is 0. The van der Waals surface area contributed by atoms with Gasteiger partial charge in [0.15, 0.2) is 6.33 Å². The third-order valence-corrected chi connectivity index (χ3v) is 1.58. The smallest absolute Gasteiger partial charge is 0.218 e. The minimum atomic E-state index is 0.0926. The Labute approximate surface area is 114 Å². The van der Waals surface area contributed by atoms with Gasteiger partial charge in [0, 0.05) is 21.0 Å². The molecule has 1 amide bonds. The highest BCUT2D eigenvalue weighted by molar-refractivity contribution is 5.72. The van der Waals surface area contributed by atoms with Crippen LogP contribution in [-0.4, -0.2) is 35.0 Å². The summed E-state index contributed by atoms with van der Waals surface area (Å²) in [7, 11) is 3.45. The van der Waals surface area contributed by atoms with Crippen LogP contribution in [0.1, 0.15) is 6.92 Å². The van der Waals surface area contributed by atoms with Gasteiger partial charge in [0.05, 0.1) is 0 Å². The van der Waals surface area contributed by atoms with Gasteiger partial charge >= 0.3 is 0 Å². The Bertz CT molecular complexity index is 331. The number of hydrogen-bond acceptors (Lipinski definition) is 4. The molecular weight excluding hydrogens is 242 g/mol. The van der Waals surface area contributed by atoms with Crippen LogP contribution in [-0.2, 0) is 4.79 Å². The molecule has 0 radical (unpaired) electrons. The minimum absolute atomic E-state index is 0.0926. The summed E-state index contributed by atoms with van der Waals surface area (Å²) in [5.74, 6) is 0.0926. The molecule has 0 atom stereocenters. The number of benzene rings is 1. The van der Waals surface area contributed by atoms with Crippen molar-refractivity contribution in [2.24, 2.45) is 0 Å². The topological polar surface area (TPSA) is 59.2 Å². The molecule has 1 aromatic heterocycles. The van der Waals surface area contributed by atoms with E-state index < -0.39 is 0 Å². The lowest BCUT2D eigenvalue weighted by atomic mass is 10.4. The van der Waals surface area contributed by atoms with E-state index in [0.717, 1.165) is 0 Å². The molecule has 0 saturated heterocycles. The molecule has 0 unspecified atom stereocenters. The van der Waals surface area contributed by atoms with Crippen molar-refractivity contribution in [3.63, 3.8) is 0 Å². The van der Waals surface area contributed by atoms with Crippen LogP contribution in [0.2, 0.25) is 0 Å². The van der Waals surface area contributed by atoms with Gasteiger partial charge in [-0.3, -0.25) is 4.79 Å². The molecule has 5 heteroatoms. The molecule has 19 heavy (non-hydrogen) atoms. The van der Waals surface area contributed by atoms with Crippen LogP contribution in [0.25, 0.3) is 0 Å². The van der Waals surface area contributed by atoms with Crippen LogP contribution in [0.3, 0.4) is 0 Å². The zero-order valence-corrected chi connectivity index (χ0v) is 11.7. The SMILES string of the molecule is C=C.CC(=O)N(C)C.c1ccccc1.c1ncon1. The lowest BCUT2D eigenvalue weighted by Crippen LogP contribution is -2.17. The maximum atomic E-state index is 10.1. The molecule has 0 fully saturated rings. The molecule has 0 aliphatic rings. The van der Waals surface area contributed by atoms with E-state index in [4.69, 9.17) is 0 Å². The maximum Gasteiger partial charge on any atom is 0.218 e. The average molecular weight is 263 g/mol. The Kier molecular flexibility index (Phi) is 15.5. The minimum Gasteiger partial charge on any atom is -0.349 e. The first kappa shape index (κ1) is 18.9. The van der Waals surface area contributed by atoms with Crippen LogP contribution >= 0.6 is 0 Å². The molecule has 5 nitrogen and oxygen atoms in total. The third-order valence-electron chi connectivity index (χ3n) is 1.58.